The lowest BCUT2D eigenvalue weighted by atomic mass is 9.92. The molecule has 2 aromatic heterocycles. The van der Waals surface area contributed by atoms with Crippen molar-refractivity contribution in [3.8, 4) is 11.3 Å². The lowest BCUT2D eigenvalue weighted by molar-refractivity contribution is 0.0534. The molecule has 3 aromatic rings. The summed E-state index contributed by atoms with van der Waals surface area (Å²) in [5, 5.41) is 13.5. The van der Waals surface area contributed by atoms with Crippen molar-refractivity contribution < 1.29 is 4.74 Å². The van der Waals surface area contributed by atoms with Gasteiger partial charge in [-0.3, -0.25) is 0 Å². The van der Waals surface area contributed by atoms with Crippen LogP contribution in [0.2, 0.25) is 0 Å². The zero-order chi connectivity index (χ0) is 21.0. The Bertz CT molecular complexity index is 1010. The minimum Gasteiger partial charge on any atom is -0.378 e. The largest absolute Gasteiger partial charge is 0.378 e. The van der Waals surface area contributed by atoms with Gasteiger partial charge in [-0.2, -0.15) is 10.2 Å². The average Bonchev–Trinajstić information content (AvgIpc) is 2.84. The molecule has 3 heterocycles. The average molecular weight is 418 g/mol. The molecule has 6 heteroatoms. The van der Waals surface area contributed by atoms with Crippen molar-refractivity contribution in [2.24, 2.45) is 0 Å². The van der Waals surface area contributed by atoms with Gasteiger partial charge in [0.2, 0.25) is 0 Å². The summed E-state index contributed by atoms with van der Waals surface area (Å²) in [4.78, 5) is 7.43. The highest BCUT2D eigenvalue weighted by molar-refractivity contribution is 5.88. The molecule has 0 bridgehead atoms. The summed E-state index contributed by atoms with van der Waals surface area (Å²) in [6.45, 7) is 1.77. The highest BCUT2D eigenvalue weighted by atomic mass is 16.5. The molecule has 5 rings (SSSR count). The molecular weight excluding hydrogens is 386 g/mol. The van der Waals surface area contributed by atoms with E-state index in [9.17, 15) is 0 Å². The molecule has 31 heavy (non-hydrogen) atoms. The van der Waals surface area contributed by atoms with Crippen LogP contribution < -0.4 is 10.2 Å². The van der Waals surface area contributed by atoms with Gasteiger partial charge in [-0.05, 0) is 43.5 Å². The third kappa shape index (κ3) is 4.41. The van der Waals surface area contributed by atoms with Gasteiger partial charge < -0.3 is 15.0 Å². The van der Waals surface area contributed by atoms with Gasteiger partial charge in [0.15, 0.2) is 0 Å². The van der Waals surface area contributed by atoms with Crippen LogP contribution in [0.3, 0.4) is 0 Å². The Hall–Kier alpha value is -2.57. The topological polar surface area (TPSA) is 63.2 Å². The van der Waals surface area contributed by atoms with Gasteiger partial charge in [0.1, 0.15) is 5.82 Å². The first-order valence-electron chi connectivity index (χ1n) is 11.5. The van der Waals surface area contributed by atoms with E-state index in [0.717, 1.165) is 47.5 Å². The molecule has 1 N–H and O–H groups in total. The van der Waals surface area contributed by atoms with Crippen LogP contribution in [0.4, 0.5) is 5.82 Å². The number of para-hydroxylation sites is 1. The predicted octanol–water partition coefficient (Wildman–Crippen LogP) is 4.21. The normalized spacial score (nSPS) is 22.7. The Balaban J connectivity index is 1.43. The summed E-state index contributed by atoms with van der Waals surface area (Å²) in [5.41, 5.74) is 2.88. The van der Waals surface area contributed by atoms with Gasteiger partial charge in [0, 0.05) is 49.4 Å². The summed E-state index contributed by atoms with van der Waals surface area (Å²) < 4.78 is 5.97. The van der Waals surface area contributed by atoms with Gasteiger partial charge >= 0.3 is 0 Å². The standard InChI is InChI=1S/C25H31N5O/c1-31-24-17-30(15-13-23(24)27-19-9-3-2-4-10-19)25-20(22-12-7-14-26-29-22)16-18-8-5-6-11-21(18)28-25/h5-8,11-12,14,16,19,23-24,27H,2-4,9-10,13,15,17H2,1H3. The third-order valence-corrected chi connectivity index (χ3v) is 6.77. The Morgan fingerprint density at radius 1 is 1.03 bits per heavy atom. The molecule has 162 valence electrons. The molecule has 2 unspecified atom stereocenters. The van der Waals surface area contributed by atoms with Crippen LogP contribution in [0.1, 0.15) is 38.5 Å². The lowest BCUT2D eigenvalue weighted by Gasteiger charge is -2.41. The molecule has 0 spiro atoms. The van der Waals surface area contributed by atoms with Crippen LogP contribution in [-0.2, 0) is 4.74 Å². The van der Waals surface area contributed by atoms with Crippen LogP contribution in [0.5, 0.6) is 0 Å². The van der Waals surface area contributed by atoms with Gasteiger partial charge in [-0.15, -0.1) is 0 Å². The smallest absolute Gasteiger partial charge is 0.138 e. The van der Waals surface area contributed by atoms with E-state index in [0.29, 0.717) is 12.1 Å². The van der Waals surface area contributed by atoms with E-state index in [2.05, 4.69) is 38.6 Å². The van der Waals surface area contributed by atoms with Crippen LogP contribution >= 0.6 is 0 Å². The zero-order valence-electron chi connectivity index (χ0n) is 18.2. The van der Waals surface area contributed by atoms with Crippen molar-refractivity contribution in [1.82, 2.24) is 20.5 Å². The summed E-state index contributed by atoms with van der Waals surface area (Å²) in [7, 11) is 1.83. The Morgan fingerprint density at radius 2 is 1.90 bits per heavy atom. The molecule has 1 saturated carbocycles. The van der Waals surface area contributed by atoms with Crippen LogP contribution in [-0.4, -0.2) is 53.6 Å². The number of nitrogens with one attached hydrogen (secondary N) is 1. The molecule has 0 radical (unpaired) electrons. The van der Waals surface area contributed by atoms with Crippen LogP contribution in [0, 0.1) is 0 Å². The first kappa shape index (κ1) is 20.3. The quantitative estimate of drug-likeness (QED) is 0.671. The van der Waals surface area contributed by atoms with E-state index in [1.165, 1.54) is 32.1 Å². The number of methoxy groups -OCH3 is 1. The number of hydrogen-bond donors (Lipinski definition) is 1. The predicted molar refractivity (Wildman–Crippen MR) is 124 cm³/mol. The fourth-order valence-corrected chi connectivity index (χ4v) is 5.09. The summed E-state index contributed by atoms with van der Waals surface area (Å²) in [5.74, 6) is 0.970. The maximum absolute atomic E-state index is 5.97. The number of ether oxygens (including phenoxy) is 1. The molecule has 1 aliphatic carbocycles. The fourth-order valence-electron chi connectivity index (χ4n) is 5.09. The summed E-state index contributed by atoms with van der Waals surface area (Å²) in [6.07, 6.45) is 9.54. The number of hydrogen-bond acceptors (Lipinski definition) is 6. The van der Waals surface area contributed by atoms with Crippen molar-refractivity contribution in [2.45, 2.75) is 56.7 Å². The number of piperidine rings is 1. The maximum atomic E-state index is 5.97. The molecule has 1 saturated heterocycles. The minimum atomic E-state index is 0.138. The summed E-state index contributed by atoms with van der Waals surface area (Å²) in [6, 6.07) is 15.4. The number of anilines is 1. The molecule has 1 aromatic carbocycles. The third-order valence-electron chi connectivity index (χ3n) is 6.77. The van der Waals surface area contributed by atoms with Gasteiger partial charge in [-0.25, -0.2) is 4.98 Å². The number of rotatable bonds is 5. The number of fused-ring (bicyclic) bond motifs is 1. The molecule has 2 fully saturated rings. The van der Waals surface area contributed by atoms with E-state index >= 15 is 0 Å². The van der Waals surface area contributed by atoms with E-state index in [-0.39, 0.29) is 6.10 Å². The first-order chi connectivity index (χ1) is 15.3. The Morgan fingerprint density at radius 3 is 2.71 bits per heavy atom. The Labute approximate surface area is 184 Å². The Kier molecular flexibility index (Phi) is 6.09. The van der Waals surface area contributed by atoms with Crippen LogP contribution in [0.25, 0.3) is 22.2 Å². The molecule has 0 amide bonds. The molecular formula is C25H31N5O. The molecule has 2 aliphatic rings. The van der Waals surface area contributed by atoms with Gasteiger partial charge in [-0.1, -0.05) is 37.5 Å². The zero-order valence-corrected chi connectivity index (χ0v) is 18.2. The number of aromatic nitrogens is 3. The van der Waals surface area contributed by atoms with Crippen LogP contribution in [0.15, 0.2) is 48.7 Å². The highest BCUT2D eigenvalue weighted by Gasteiger charge is 2.32. The number of benzene rings is 1. The number of pyridine rings is 1. The minimum absolute atomic E-state index is 0.138. The van der Waals surface area contributed by atoms with Crippen molar-refractivity contribution in [3.05, 3.63) is 48.7 Å². The monoisotopic (exact) mass is 417 g/mol. The first-order valence-corrected chi connectivity index (χ1v) is 11.5. The van der Waals surface area contributed by atoms with E-state index in [1.807, 2.05) is 31.4 Å². The van der Waals surface area contributed by atoms with E-state index < -0.39 is 0 Å². The highest BCUT2D eigenvalue weighted by Crippen LogP contribution is 2.33. The van der Waals surface area contributed by atoms with Crippen molar-refractivity contribution in [2.75, 3.05) is 25.1 Å². The van der Waals surface area contributed by atoms with Crippen molar-refractivity contribution >= 4 is 16.7 Å². The van der Waals surface area contributed by atoms with E-state index in [4.69, 9.17) is 9.72 Å². The molecule has 2 atom stereocenters. The molecule has 1 aliphatic heterocycles. The van der Waals surface area contributed by atoms with E-state index in [1.54, 1.807) is 6.20 Å². The van der Waals surface area contributed by atoms with Crippen molar-refractivity contribution in [1.29, 1.82) is 0 Å². The van der Waals surface area contributed by atoms with Crippen molar-refractivity contribution in [3.63, 3.8) is 0 Å². The molecule has 6 nitrogen and oxygen atoms in total. The summed E-state index contributed by atoms with van der Waals surface area (Å²) >= 11 is 0. The second kappa shape index (κ2) is 9.28. The van der Waals surface area contributed by atoms with Gasteiger partial charge in [0.25, 0.3) is 0 Å². The van der Waals surface area contributed by atoms with Gasteiger partial charge in [0.05, 0.1) is 17.3 Å². The maximum Gasteiger partial charge on any atom is 0.138 e. The lowest BCUT2D eigenvalue weighted by Crippen LogP contribution is -2.56. The fraction of sp³-hybridized carbons (Fsp3) is 0.480. The number of nitrogens with zero attached hydrogens (tertiary/aromatic N) is 4. The SMILES string of the molecule is COC1CN(c2nc3ccccc3cc2-c2cccnn2)CCC1NC1CCCCC1. The second-order valence-electron chi connectivity index (χ2n) is 8.78. The second-order valence-corrected chi connectivity index (χ2v) is 8.78.